The van der Waals surface area contributed by atoms with Crippen LogP contribution in [0.15, 0.2) is 54.9 Å². The third kappa shape index (κ3) is 3.75. The van der Waals surface area contributed by atoms with Crippen LogP contribution in [0.4, 0.5) is 17.2 Å². The predicted molar refractivity (Wildman–Crippen MR) is 117 cm³/mol. The number of aromatic amines is 1. The molecule has 2 fully saturated rings. The maximum Gasteiger partial charge on any atom is 0.253 e. The van der Waals surface area contributed by atoms with Gasteiger partial charge in [-0.05, 0) is 49.2 Å². The Morgan fingerprint density at radius 1 is 1.00 bits per heavy atom. The van der Waals surface area contributed by atoms with Crippen LogP contribution >= 0.6 is 0 Å². The first-order valence-corrected chi connectivity index (χ1v) is 10.5. The second-order valence-corrected chi connectivity index (χ2v) is 8.42. The highest BCUT2D eigenvalue weighted by Gasteiger charge is 2.41. The van der Waals surface area contributed by atoms with Crippen molar-refractivity contribution in [2.24, 2.45) is 0 Å². The Morgan fingerprint density at radius 3 is 2.33 bits per heavy atom. The molecule has 0 spiro atoms. The minimum Gasteiger partial charge on any atom is -0.355 e. The summed E-state index contributed by atoms with van der Waals surface area (Å²) in [5, 5.41) is 11.0. The monoisotopic (exact) mass is 402 g/mol. The lowest BCUT2D eigenvalue weighted by atomic mass is 10.1. The molecule has 0 unspecified atom stereocenters. The van der Waals surface area contributed by atoms with Crippen molar-refractivity contribution in [1.82, 2.24) is 20.1 Å². The lowest BCUT2D eigenvalue weighted by Crippen LogP contribution is -2.48. The Morgan fingerprint density at radius 2 is 1.67 bits per heavy atom. The van der Waals surface area contributed by atoms with Crippen LogP contribution in [0, 0.1) is 0 Å². The normalized spacial score (nSPS) is 17.6. The molecule has 2 aliphatic rings. The zero-order chi connectivity index (χ0) is 20.6. The molecule has 3 heterocycles. The van der Waals surface area contributed by atoms with E-state index < -0.39 is 0 Å². The van der Waals surface area contributed by atoms with Crippen LogP contribution in [-0.2, 0) is 5.41 Å². The highest BCUT2D eigenvalue weighted by molar-refractivity contribution is 5.94. The summed E-state index contributed by atoms with van der Waals surface area (Å²) in [4.78, 5) is 21.1. The summed E-state index contributed by atoms with van der Waals surface area (Å²) < 4.78 is 0. The lowest BCUT2D eigenvalue weighted by molar-refractivity contribution is 0.0746. The molecule has 0 bridgehead atoms. The molecule has 7 nitrogen and oxygen atoms in total. The highest BCUT2D eigenvalue weighted by Crippen LogP contribution is 2.47. The summed E-state index contributed by atoms with van der Waals surface area (Å²) in [6.07, 6.45) is 5.95. The molecule has 1 aliphatic carbocycles. The van der Waals surface area contributed by atoms with Gasteiger partial charge < -0.3 is 15.1 Å². The fraction of sp³-hybridized carbons (Fsp3) is 0.348. The highest BCUT2D eigenvalue weighted by atomic mass is 16.2. The molecule has 0 atom stereocenters. The van der Waals surface area contributed by atoms with Crippen LogP contribution in [-0.4, -0.2) is 52.2 Å². The molecule has 1 saturated heterocycles. The van der Waals surface area contributed by atoms with E-state index in [1.165, 1.54) is 18.5 Å². The first-order valence-electron chi connectivity index (χ1n) is 10.5. The molecule has 3 aromatic rings. The van der Waals surface area contributed by atoms with Gasteiger partial charge >= 0.3 is 0 Å². The van der Waals surface area contributed by atoms with Gasteiger partial charge in [-0.15, -0.1) is 0 Å². The fourth-order valence-corrected chi connectivity index (χ4v) is 3.86. The number of pyridine rings is 1. The Balaban J connectivity index is 1.18. The number of amides is 1. The van der Waals surface area contributed by atoms with E-state index in [4.69, 9.17) is 0 Å². The van der Waals surface area contributed by atoms with Crippen molar-refractivity contribution >= 4 is 23.1 Å². The van der Waals surface area contributed by atoms with E-state index in [2.05, 4.69) is 38.4 Å². The van der Waals surface area contributed by atoms with E-state index in [1.807, 2.05) is 41.3 Å². The molecule has 1 aliphatic heterocycles. The number of rotatable bonds is 5. The van der Waals surface area contributed by atoms with Gasteiger partial charge in [0.15, 0.2) is 5.82 Å². The van der Waals surface area contributed by atoms with E-state index >= 15 is 0 Å². The second-order valence-electron chi connectivity index (χ2n) is 8.42. The summed E-state index contributed by atoms with van der Waals surface area (Å²) in [7, 11) is 0. The van der Waals surface area contributed by atoms with Crippen molar-refractivity contribution in [1.29, 1.82) is 0 Å². The number of hydrogen-bond acceptors (Lipinski definition) is 5. The SMILES string of the molecule is CC1(c2cc(N3CCN(C(=O)c4ccc(Nc5ccncc5)cc4)CC3)n[nH]2)CC1. The molecule has 1 amide bonds. The fourth-order valence-electron chi connectivity index (χ4n) is 3.86. The summed E-state index contributed by atoms with van der Waals surface area (Å²) in [5.41, 5.74) is 4.16. The maximum absolute atomic E-state index is 12.9. The maximum atomic E-state index is 12.9. The molecule has 2 aromatic heterocycles. The van der Waals surface area contributed by atoms with E-state index in [1.54, 1.807) is 12.4 Å². The zero-order valence-corrected chi connectivity index (χ0v) is 17.1. The van der Waals surface area contributed by atoms with E-state index in [-0.39, 0.29) is 5.91 Å². The van der Waals surface area contributed by atoms with Crippen LogP contribution in [0.5, 0.6) is 0 Å². The molecule has 7 heteroatoms. The van der Waals surface area contributed by atoms with Crippen molar-refractivity contribution in [3.63, 3.8) is 0 Å². The number of nitrogens with zero attached hydrogens (tertiary/aromatic N) is 4. The van der Waals surface area contributed by atoms with E-state index in [0.29, 0.717) is 24.1 Å². The summed E-state index contributed by atoms with van der Waals surface area (Å²) in [6.45, 7) is 5.28. The molecular weight excluding hydrogens is 376 g/mol. The number of anilines is 3. The minimum absolute atomic E-state index is 0.0818. The van der Waals surface area contributed by atoms with Gasteiger partial charge in [0.1, 0.15) is 0 Å². The van der Waals surface area contributed by atoms with E-state index in [9.17, 15) is 4.79 Å². The molecular formula is C23H26N6O. The first-order chi connectivity index (χ1) is 14.6. The van der Waals surface area contributed by atoms with Crippen molar-refractivity contribution in [2.45, 2.75) is 25.2 Å². The van der Waals surface area contributed by atoms with Crippen molar-refractivity contribution < 1.29 is 4.79 Å². The smallest absolute Gasteiger partial charge is 0.253 e. The van der Waals surface area contributed by atoms with Gasteiger partial charge in [0, 0.05) is 72.7 Å². The quantitative estimate of drug-likeness (QED) is 0.682. The molecule has 1 saturated carbocycles. The average Bonchev–Trinajstić information content (AvgIpc) is 3.34. The van der Waals surface area contributed by atoms with Gasteiger partial charge in [-0.2, -0.15) is 5.10 Å². The number of benzene rings is 1. The number of carbonyl (C=O) groups is 1. The summed E-state index contributed by atoms with van der Waals surface area (Å²) in [6, 6.07) is 13.6. The van der Waals surface area contributed by atoms with Gasteiger partial charge in [0.05, 0.1) is 0 Å². The third-order valence-electron chi connectivity index (χ3n) is 6.21. The van der Waals surface area contributed by atoms with Crippen LogP contribution in [0.3, 0.4) is 0 Å². The van der Waals surface area contributed by atoms with E-state index in [0.717, 1.165) is 30.3 Å². The molecule has 30 heavy (non-hydrogen) atoms. The van der Waals surface area contributed by atoms with Gasteiger partial charge in [0.25, 0.3) is 5.91 Å². The third-order valence-corrected chi connectivity index (χ3v) is 6.21. The van der Waals surface area contributed by atoms with Gasteiger partial charge in [-0.25, -0.2) is 0 Å². The van der Waals surface area contributed by atoms with Crippen LogP contribution in [0.1, 0.15) is 35.8 Å². The number of hydrogen-bond donors (Lipinski definition) is 2. The van der Waals surface area contributed by atoms with Gasteiger partial charge in [0.2, 0.25) is 0 Å². The summed E-state index contributed by atoms with van der Waals surface area (Å²) >= 11 is 0. The van der Waals surface area contributed by atoms with Crippen molar-refractivity contribution in [3.8, 4) is 0 Å². The van der Waals surface area contributed by atoms with Gasteiger partial charge in [-0.3, -0.25) is 14.9 Å². The Hall–Kier alpha value is -3.35. The molecule has 5 rings (SSSR count). The molecule has 1 aromatic carbocycles. The number of piperazine rings is 1. The topological polar surface area (TPSA) is 77.2 Å². The second kappa shape index (κ2) is 7.48. The van der Waals surface area contributed by atoms with Crippen LogP contribution < -0.4 is 10.2 Å². The number of aromatic nitrogens is 3. The number of H-pyrrole nitrogens is 1. The average molecular weight is 403 g/mol. The zero-order valence-electron chi connectivity index (χ0n) is 17.1. The molecule has 0 radical (unpaired) electrons. The minimum atomic E-state index is 0.0818. The Bertz CT molecular complexity index is 1020. The number of carbonyl (C=O) groups excluding carboxylic acids is 1. The Kier molecular flexibility index (Phi) is 4.65. The Labute approximate surface area is 176 Å². The standard InChI is InChI=1S/C23H26N6O/c1-23(8-9-23)20-16-21(27-26-20)28-12-14-29(15-13-28)22(30)17-2-4-18(5-3-17)25-19-6-10-24-11-7-19/h2-7,10-11,16H,8-9,12-15H2,1H3,(H,24,25)(H,26,27). The first kappa shape index (κ1) is 18.7. The predicted octanol–water partition coefficient (Wildman–Crippen LogP) is 3.56. The summed E-state index contributed by atoms with van der Waals surface area (Å²) in [5.74, 6) is 1.08. The molecule has 154 valence electrons. The largest absolute Gasteiger partial charge is 0.355 e. The van der Waals surface area contributed by atoms with Crippen LogP contribution in [0.2, 0.25) is 0 Å². The van der Waals surface area contributed by atoms with Crippen LogP contribution in [0.25, 0.3) is 0 Å². The van der Waals surface area contributed by atoms with Crippen molar-refractivity contribution in [3.05, 3.63) is 66.1 Å². The van der Waals surface area contributed by atoms with Crippen molar-refractivity contribution in [2.75, 3.05) is 36.4 Å². The molecule has 2 N–H and O–H groups in total. The lowest BCUT2D eigenvalue weighted by Gasteiger charge is -2.34. The van der Waals surface area contributed by atoms with Gasteiger partial charge in [-0.1, -0.05) is 6.92 Å². The number of nitrogens with one attached hydrogen (secondary N) is 2.